The predicted molar refractivity (Wildman–Crippen MR) is 96.7 cm³/mol. The summed E-state index contributed by atoms with van der Waals surface area (Å²) in [5, 5.41) is 0.634. The van der Waals surface area contributed by atoms with Crippen LogP contribution >= 0.6 is 11.6 Å². The van der Waals surface area contributed by atoms with Gasteiger partial charge >= 0.3 is 5.69 Å². The van der Waals surface area contributed by atoms with Crippen LogP contribution in [0.15, 0.2) is 46.1 Å². The molecule has 0 spiro atoms. The van der Waals surface area contributed by atoms with Gasteiger partial charge in [-0.2, -0.15) is 0 Å². The van der Waals surface area contributed by atoms with Gasteiger partial charge in [-0.3, -0.25) is 19.1 Å². The Morgan fingerprint density at radius 3 is 2.40 bits per heavy atom. The Morgan fingerprint density at radius 1 is 1.12 bits per heavy atom. The van der Waals surface area contributed by atoms with Crippen molar-refractivity contribution in [3.63, 3.8) is 0 Å². The third kappa shape index (κ3) is 5.88. The van der Waals surface area contributed by atoms with Crippen LogP contribution in [-0.2, 0) is 17.9 Å². The minimum Gasteiger partial charge on any atom is -0.336 e. The highest BCUT2D eigenvalue weighted by atomic mass is 35.5. The van der Waals surface area contributed by atoms with E-state index in [1.165, 1.54) is 16.8 Å². The van der Waals surface area contributed by atoms with Crippen molar-refractivity contribution in [2.24, 2.45) is 0 Å². The lowest BCUT2D eigenvalue weighted by Gasteiger charge is -2.25. The number of rotatable bonds is 7. The highest BCUT2D eigenvalue weighted by molar-refractivity contribution is 6.30. The average Bonchev–Trinajstić information content (AvgIpc) is 2.55. The molecule has 1 aromatic carbocycles. The molecule has 1 N–H and O–H groups in total. The van der Waals surface area contributed by atoms with Crippen LogP contribution in [0.3, 0.4) is 0 Å². The number of H-pyrrole nitrogens is 1. The Morgan fingerprint density at radius 2 is 1.80 bits per heavy atom. The van der Waals surface area contributed by atoms with E-state index < -0.39 is 11.2 Å². The van der Waals surface area contributed by atoms with E-state index >= 15 is 0 Å². The lowest BCUT2D eigenvalue weighted by molar-refractivity contribution is -0.132. The van der Waals surface area contributed by atoms with E-state index in [1.807, 2.05) is 31.1 Å². The molecule has 1 aromatic heterocycles. The second-order valence-corrected chi connectivity index (χ2v) is 6.42. The summed E-state index contributed by atoms with van der Waals surface area (Å²) in [6, 6.07) is 8.50. The van der Waals surface area contributed by atoms with Crippen molar-refractivity contribution < 1.29 is 4.79 Å². The standard InChI is InChI=1S/C17H21ClN4O3/c1-20(2)9-10-21(11-13-3-5-14(18)6-4-13)16(24)12-22-8-7-15(23)19-17(22)25/h3-8H,9-12H2,1-2H3,(H,19,23,25). The number of hydrogen-bond donors (Lipinski definition) is 1. The van der Waals surface area contributed by atoms with Gasteiger partial charge in [-0.1, -0.05) is 23.7 Å². The van der Waals surface area contributed by atoms with Crippen molar-refractivity contribution in [1.29, 1.82) is 0 Å². The molecule has 0 fully saturated rings. The first-order valence-electron chi connectivity index (χ1n) is 7.82. The molecule has 0 saturated carbocycles. The molecule has 7 nitrogen and oxygen atoms in total. The van der Waals surface area contributed by atoms with Crippen LogP contribution in [0.4, 0.5) is 0 Å². The van der Waals surface area contributed by atoms with Gasteiger partial charge in [-0.15, -0.1) is 0 Å². The molecule has 134 valence electrons. The van der Waals surface area contributed by atoms with Crippen molar-refractivity contribution in [2.45, 2.75) is 13.1 Å². The number of aromatic amines is 1. The number of benzene rings is 1. The number of aromatic nitrogens is 2. The minimum atomic E-state index is -0.597. The first kappa shape index (κ1) is 19.0. The van der Waals surface area contributed by atoms with Crippen molar-refractivity contribution in [2.75, 3.05) is 27.2 Å². The predicted octanol–water partition coefficient (Wildman–Crippen LogP) is 0.780. The summed E-state index contributed by atoms with van der Waals surface area (Å²) in [5.41, 5.74) is -0.135. The first-order valence-corrected chi connectivity index (χ1v) is 8.19. The number of halogens is 1. The number of likely N-dealkylation sites (N-methyl/N-ethyl adjacent to an activating group) is 1. The van der Waals surface area contributed by atoms with Crippen LogP contribution in [0.25, 0.3) is 0 Å². The van der Waals surface area contributed by atoms with E-state index in [-0.39, 0.29) is 12.5 Å². The third-order valence-electron chi connectivity index (χ3n) is 3.66. The molecule has 25 heavy (non-hydrogen) atoms. The van der Waals surface area contributed by atoms with Gasteiger partial charge in [-0.05, 0) is 31.8 Å². The van der Waals surface area contributed by atoms with Crippen LogP contribution in [0.1, 0.15) is 5.56 Å². The Bertz CT molecular complexity index is 827. The average molecular weight is 365 g/mol. The summed E-state index contributed by atoms with van der Waals surface area (Å²) >= 11 is 5.90. The molecule has 0 atom stereocenters. The van der Waals surface area contributed by atoms with E-state index in [2.05, 4.69) is 4.98 Å². The first-order chi connectivity index (χ1) is 11.8. The largest absolute Gasteiger partial charge is 0.336 e. The van der Waals surface area contributed by atoms with Crippen molar-refractivity contribution in [1.82, 2.24) is 19.4 Å². The molecule has 2 aromatic rings. The number of carbonyl (C=O) groups is 1. The normalized spacial score (nSPS) is 10.9. The molecule has 0 aliphatic heterocycles. The molecule has 0 radical (unpaired) electrons. The van der Waals surface area contributed by atoms with Gasteiger partial charge in [0.1, 0.15) is 6.54 Å². The van der Waals surface area contributed by atoms with E-state index in [1.54, 1.807) is 17.0 Å². The van der Waals surface area contributed by atoms with Gasteiger partial charge in [0.2, 0.25) is 5.91 Å². The lowest BCUT2D eigenvalue weighted by Crippen LogP contribution is -2.40. The highest BCUT2D eigenvalue weighted by Crippen LogP contribution is 2.12. The minimum absolute atomic E-state index is 0.128. The molecule has 0 bridgehead atoms. The summed E-state index contributed by atoms with van der Waals surface area (Å²) in [6.45, 7) is 1.50. The van der Waals surface area contributed by atoms with E-state index in [0.717, 1.165) is 5.56 Å². The summed E-state index contributed by atoms with van der Waals surface area (Å²) in [4.78, 5) is 41.4. The Labute approximate surface area is 150 Å². The molecule has 0 unspecified atom stereocenters. The van der Waals surface area contributed by atoms with Gasteiger partial charge in [-0.25, -0.2) is 4.79 Å². The van der Waals surface area contributed by atoms with Crippen LogP contribution in [-0.4, -0.2) is 52.4 Å². The van der Waals surface area contributed by atoms with Gasteiger partial charge in [0.25, 0.3) is 5.56 Å². The Kier molecular flexibility index (Phi) is 6.55. The molecular weight excluding hydrogens is 344 g/mol. The highest BCUT2D eigenvalue weighted by Gasteiger charge is 2.15. The molecule has 8 heteroatoms. The fourth-order valence-electron chi connectivity index (χ4n) is 2.24. The van der Waals surface area contributed by atoms with E-state index in [0.29, 0.717) is 24.7 Å². The molecule has 1 amide bonds. The molecular formula is C17H21ClN4O3. The zero-order chi connectivity index (χ0) is 18.4. The Balaban J connectivity index is 2.15. The number of hydrogen-bond acceptors (Lipinski definition) is 4. The van der Waals surface area contributed by atoms with Crippen LogP contribution < -0.4 is 11.2 Å². The van der Waals surface area contributed by atoms with Gasteiger partial charge in [0.15, 0.2) is 0 Å². The van der Waals surface area contributed by atoms with Crippen LogP contribution in [0, 0.1) is 0 Å². The maximum atomic E-state index is 12.7. The number of carbonyl (C=O) groups excluding carboxylic acids is 1. The molecule has 0 saturated heterocycles. The summed E-state index contributed by atoms with van der Waals surface area (Å²) in [6.07, 6.45) is 1.32. The SMILES string of the molecule is CN(C)CCN(Cc1ccc(Cl)cc1)C(=O)Cn1ccc(=O)[nH]c1=O. The smallest absolute Gasteiger partial charge is 0.328 e. The monoisotopic (exact) mass is 364 g/mol. The van der Waals surface area contributed by atoms with Gasteiger partial charge < -0.3 is 9.80 Å². The molecule has 1 heterocycles. The summed E-state index contributed by atoms with van der Waals surface area (Å²) < 4.78 is 1.19. The summed E-state index contributed by atoms with van der Waals surface area (Å²) in [7, 11) is 3.86. The maximum absolute atomic E-state index is 12.7. The van der Waals surface area contributed by atoms with E-state index in [4.69, 9.17) is 11.6 Å². The van der Waals surface area contributed by atoms with Crippen molar-refractivity contribution in [3.8, 4) is 0 Å². The van der Waals surface area contributed by atoms with Gasteiger partial charge in [0.05, 0.1) is 0 Å². The zero-order valence-electron chi connectivity index (χ0n) is 14.2. The topological polar surface area (TPSA) is 78.4 Å². The fraction of sp³-hybridized carbons (Fsp3) is 0.353. The molecule has 0 aliphatic carbocycles. The summed E-state index contributed by atoms with van der Waals surface area (Å²) in [5.74, 6) is -0.203. The quantitative estimate of drug-likeness (QED) is 0.787. The molecule has 2 rings (SSSR count). The van der Waals surface area contributed by atoms with E-state index in [9.17, 15) is 14.4 Å². The fourth-order valence-corrected chi connectivity index (χ4v) is 2.36. The number of nitrogens with one attached hydrogen (secondary N) is 1. The van der Waals surface area contributed by atoms with Gasteiger partial charge in [0, 0.05) is 36.9 Å². The second kappa shape index (κ2) is 8.64. The number of nitrogens with zero attached hydrogens (tertiary/aromatic N) is 3. The second-order valence-electron chi connectivity index (χ2n) is 5.98. The maximum Gasteiger partial charge on any atom is 0.328 e. The van der Waals surface area contributed by atoms with Crippen LogP contribution in [0.5, 0.6) is 0 Å². The van der Waals surface area contributed by atoms with Crippen LogP contribution in [0.2, 0.25) is 5.02 Å². The Hall–Kier alpha value is -2.38. The molecule has 0 aliphatic rings. The number of amides is 1. The lowest BCUT2D eigenvalue weighted by atomic mass is 10.2. The van der Waals surface area contributed by atoms with Crippen molar-refractivity contribution in [3.05, 3.63) is 68.0 Å². The zero-order valence-corrected chi connectivity index (χ0v) is 15.0. The third-order valence-corrected chi connectivity index (χ3v) is 3.91. The van der Waals surface area contributed by atoms with Crippen molar-refractivity contribution >= 4 is 17.5 Å².